The zero-order valence-electron chi connectivity index (χ0n) is 14.9. The number of rotatable bonds is 9. The maximum Gasteiger partial charge on any atom is 0.243 e. The Morgan fingerprint density at radius 1 is 1.19 bits per heavy atom. The van der Waals surface area contributed by atoms with E-state index < -0.39 is 10.0 Å². The van der Waals surface area contributed by atoms with Crippen molar-refractivity contribution in [2.75, 3.05) is 27.3 Å². The van der Waals surface area contributed by atoms with Gasteiger partial charge >= 0.3 is 0 Å². The molecule has 0 unspecified atom stereocenters. The Labute approximate surface area is 157 Å². The molecule has 142 valence electrons. The minimum Gasteiger partial charge on any atom is -0.493 e. The Kier molecular flexibility index (Phi) is 7.01. The molecule has 7 nitrogen and oxygen atoms in total. The highest BCUT2D eigenvalue weighted by atomic mass is 32.2. The van der Waals surface area contributed by atoms with E-state index >= 15 is 0 Å². The average Bonchev–Trinajstić information content (AvgIpc) is 3.17. The summed E-state index contributed by atoms with van der Waals surface area (Å²) >= 11 is 1.53. The quantitative estimate of drug-likeness (QED) is 0.699. The summed E-state index contributed by atoms with van der Waals surface area (Å²) in [5.74, 6) is 0.388. The SMILES string of the molecule is CCN(CC(=O)NCc1cccs1)S(=O)(=O)c1ccc(OC)c(OC)c1. The van der Waals surface area contributed by atoms with E-state index in [4.69, 9.17) is 9.47 Å². The predicted molar refractivity (Wildman–Crippen MR) is 100 cm³/mol. The van der Waals surface area contributed by atoms with E-state index in [-0.39, 0.29) is 23.9 Å². The van der Waals surface area contributed by atoms with Gasteiger partial charge in [0.2, 0.25) is 15.9 Å². The topological polar surface area (TPSA) is 84.9 Å². The fourth-order valence-corrected chi connectivity index (χ4v) is 4.37. The number of carbonyl (C=O) groups excluding carboxylic acids is 1. The van der Waals surface area contributed by atoms with Crippen molar-refractivity contribution in [3.8, 4) is 11.5 Å². The van der Waals surface area contributed by atoms with Crippen molar-refractivity contribution in [3.63, 3.8) is 0 Å². The molecule has 1 aromatic heterocycles. The van der Waals surface area contributed by atoms with Crippen LogP contribution in [-0.4, -0.2) is 45.9 Å². The third kappa shape index (κ3) is 4.75. The Hall–Kier alpha value is -2.10. The standard InChI is InChI=1S/C17H22N2O5S2/c1-4-19(12-17(20)18-11-13-6-5-9-25-13)26(21,22)14-7-8-15(23-2)16(10-14)24-3/h5-10H,4,11-12H2,1-3H3,(H,18,20). The third-order valence-corrected chi connectivity index (χ3v) is 6.50. The second-order valence-electron chi connectivity index (χ2n) is 5.30. The van der Waals surface area contributed by atoms with Gasteiger partial charge in [0.15, 0.2) is 11.5 Å². The first-order valence-electron chi connectivity index (χ1n) is 7.93. The zero-order chi connectivity index (χ0) is 19.2. The van der Waals surface area contributed by atoms with Crippen LogP contribution in [0.4, 0.5) is 0 Å². The molecule has 2 rings (SSSR count). The highest BCUT2D eigenvalue weighted by Crippen LogP contribution is 2.30. The Balaban J connectivity index is 2.12. The number of amides is 1. The van der Waals surface area contributed by atoms with Crippen molar-refractivity contribution in [1.82, 2.24) is 9.62 Å². The maximum atomic E-state index is 12.9. The molecule has 1 amide bonds. The van der Waals surface area contributed by atoms with Gasteiger partial charge in [-0.3, -0.25) is 4.79 Å². The number of nitrogens with one attached hydrogen (secondary N) is 1. The highest BCUT2D eigenvalue weighted by Gasteiger charge is 2.26. The molecule has 0 radical (unpaired) electrons. The molecule has 2 aromatic rings. The van der Waals surface area contributed by atoms with E-state index in [1.165, 1.54) is 43.8 Å². The largest absolute Gasteiger partial charge is 0.493 e. The van der Waals surface area contributed by atoms with E-state index in [9.17, 15) is 13.2 Å². The molecular formula is C17H22N2O5S2. The van der Waals surface area contributed by atoms with E-state index in [2.05, 4.69) is 5.32 Å². The molecule has 0 bridgehead atoms. The van der Waals surface area contributed by atoms with Crippen LogP contribution in [-0.2, 0) is 21.4 Å². The predicted octanol–water partition coefficient (Wildman–Crippen LogP) is 2.09. The Morgan fingerprint density at radius 3 is 2.50 bits per heavy atom. The van der Waals surface area contributed by atoms with Crippen LogP contribution in [0, 0.1) is 0 Å². The summed E-state index contributed by atoms with van der Waals surface area (Å²) in [6.07, 6.45) is 0. The number of thiophene rings is 1. The van der Waals surface area contributed by atoms with Crippen LogP contribution in [0.15, 0.2) is 40.6 Å². The molecule has 0 aliphatic carbocycles. The molecule has 0 fully saturated rings. The minimum atomic E-state index is -3.84. The molecule has 0 saturated carbocycles. The lowest BCUT2D eigenvalue weighted by atomic mass is 10.3. The van der Waals surface area contributed by atoms with Crippen LogP contribution >= 0.6 is 11.3 Å². The van der Waals surface area contributed by atoms with E-state index in [0.29, 0.717) is 18.0 Å². The lowest BCUT2D eigenvalue weighted by molar-refractivity contribution is -0.121. The van der Waals surface area contributed by atoms with Crippen LogP contribution in [0.2, 0.25) is 0 Å². The number of hydrogen-bond donors (Lipinski definition) is 1. The summed E-state index contributed by atoms with van der Waals surface area (Å²) in [5.41, 5.74) is 0. The summed E-state index contributed by atoms with van der Waals surface area (Å²) in [4.78, 5) is 13.2. The van der Waals surface area contributed by atoms with Crippen molar-refractivity contribution in [2.45, 2.75) is 18.4 Å². The molecule has 0 spiro atoms. The smallest absolute Gasteiger partial charge is 0.243 e. The average molecular weight is 399 g/mol. The van der Waals surface area contributed by atoms with Crippen LogP contribution in [0.25, 0.3) is 0 Å². The second-order valence-corrected chi connectivity index (χ2v) is 8.27. The second kappa shape index (κ2) is 9.02. The van der Waals surface area contributed by atoms with Gasteiger partial charge in [-0.2, -0.15) is 4.31 Å². The normalized spacial score (nSPS) is 11.4. The molecule has 0 aliphatic heterocycles. The Morgan fingerprint density at radius 2 is 1.92 bits per heavy atom. The van der Waals surface area contributed by atoms with Gasteiger partial charge in [-0.1, -0.05) is 13.0 Å². The molecule has 1 N–H and O–H groups in total. The first-order valence-corrected chi connectivity index (χ1v) is 10.3. The number of nitrogens with zero attached hydrogens (tertiary/aromatic N) is 1. The van der Waals surface area contributed by atoms with Gasteiger partial charge in [-0.15, -0.1) is 11.3 Å². The van der Waals surface area contributed by atoms with Crippen LogP contribution < -0.4 is 14.8 Å². The summed E-state index contributed by atoms with van der Waals surface area (Å²) < 4.78 is 37.1. The summed E-state index contributed by atoms with van der Waals surface area (Å²) in [6, 6.07) is 8.15. The molecule has 26 heavy (non-hydrogen) atoms. The molecule has 0 atom stereocenters. The summed E-state index contributed by atoms with van der Waals surface area (Å²) in [6.45, 7) is 1.98. The summed E-state index contributed by atoms with van der Waals surface area (Å²) in [7, 11) is -0.927. The van der Waals surface area contributed by atoms with Crippen molar-refractivity contribution in [3.05, 3.63) is 40.6 Å². The first-order chi connectivity index (χ1) is 12.4. The van der Waals surface area contributed by atoms with E-state index in [1.807, 2.05) is 17.5 Å². The molecular weight excluding hydrogens is 376 g/mol. The number of sulfonamides is 1. The van der Waals surface area contributed by atoms with Gasteiger partial charge in [0.05, 0.1) is 32.2 Å². The van der Waals surface area contributed by atoms with Gasteiger partial charge < -0.3 is 14.8 Å². The van der Waals surface area contributed by atoms with E-state index in [0.717, 1.165) is 9.18 Å². The molecule has 1 heterocycles. The van der Waals surface area contributed by atoms with Gasteiger partial charge in [-0.05, 0) is 23.6 Å². The number of carbonyl (C=O) groups is 1. The van der Waals surface area contributed by atoms with Crippen LogP contribution in [0.1, 0.15) is 11.8 Å². The fraction of sp³-hybridized carbons (Fsp3) is 0.353. The number of ether oxygens (including phenoxy) is 2. The number of benzene rings is 1. The van der Waals surface area contributed by atoms with Crippen molar-refractivity contribution in [2.24, 2.45) is 0 Å². The van der Waals surface area contributed by atoms with Crippen molar-refractivity contribution in [1.29, 1.82) is 0 Å². The highest BCUT2D eigenvalue weighted by molar-refractivity contribution is 7.89. The lowest BCUT2D eigenvalue weighted by Gasteiger charge is -2.20. The number of methoxy groups -OCH3 is 2. The third-order valence-electron chi connectivity index (χ3n) is 3.71. The van der Waals surface area contributed by atoms with Crippen molar-refractivity contribution >= 4 is 27.3 Å². The fourth-order valence-electron chi connectivity index (χ4n) is 2.31. The molecule has 1 aromatic carbocycles. The zero-order valence-corrected chi connectivity index (χ0v) is 16.5. The molecule has 0 saturated heterocycles. The monoisotopic (exact) mass is 398 g/mol. The van der Waals surface area contributed by atoms with Crippen LogP contribution in [0.5, 0.6) is 11.5 Å². The minimum absolute atomic E-state index is 0.0445. The van der Waals surface area contributed by atoms with Gasteiger partial charge in [0.25, 0.3) is 0 Å². The lowest BCUT2D eigenvalue weighted by Crippen LogP contribution is -2.40. The van der Waals surface area contributed by atoms with Gasteiger partial charge in [0.1, 0.15) is 0 Å². The maximum absolute atomic E-state index is 12.9. The summed E-state index contributed by atoms with van der Waals surface area (Å²) in [5, 5.41) is 4.65. The molecule has 0 aliphatic rings. The van der Waals surface area contributed by atoms with Crippen LogP contribution in [0.3, 0.4) is 0 Å². The Bertz CT molecular complexity index is 835. The van der Waals surface area contributed by atoms with Gasteiger partial charge in [-0.25, -0.2) is 8.42 Å². The van der Waals surface area contributed by atoms with E-state index in [1.54, 1.807) is 6.92 Å². The number of hydrogen-bond acceptors (Lipinski definition) is 6. The first kappa shape index (κ1) is 20.2. The van der Waals surface area contributed by atoms with Gasteiger partial charge in [0, 0.05) is 17.5 Å². The molecule has 9 heteroatoms. The van der Waals surface area contributed by atoms with Crippen molar-refractivity contribution < 1.29 is 22.7 Å². The number of likely N-dealkylation sites (N-methyl/N-ethyl adjacent to an activating group) is 1.